The molecule has 0 aliphatic rings. The molecule has 0 atom stereocenters. The molecule has 0 aliphatic carbocycles. The average Bonchev–Trinajstić information content (AvgIpc) is 2.99. The fourth-order valence-corrected chi connectivity index (χ4v) is 4.24. The van der Waals surface area contributed by atoms with Crippen LogP contribution in [0, 0.1) is 6.92 Å². The van der Waals surface area contributed by atoms with E-state index < -0.39 is 10.0 Å². The molecule has 0 N–H and O–H groups in total. The number of hydrogen-bond donors (Lipinski definition) is 0. The topological polar surface area (TPSA) is 48.3 Å². The predicted octanol–water partition coefficient (Wildman–Crippen LogP) is 3.84. The summed E-state index contributed by atoms with van der Waals surface area (Å²) in [6.07, 6.45) is 3.28. The number of ether oxygens (including phenoxy) is 1. The Morgan fingerprint density at radius 2 is 1.96 bits per heavy atom. The van der Waals surface area contributed by atoms with Gasteiger partial charge in [0.25, 0.3) is 10.0 Å². The average molecular weight is 327 g/mol. The summed E-state index contributed by atoms with van der Waals surface area (Å²) in [4.78, 5) is 0.154. The zero-order chi connectivity index (χ0) is 16.6. The van der Waals surface area contributed by atoms with Crippen LogP contribution < -0.4 is 4.74 Å². The lowest BCUT2D eigenvalue weighted by atomic mass is 10.1. The minimum atomic E-state index is -3.76. The quantitative estimate of drug-likeness (QED) is 0.731. The van der Waals surface area contributed by atoms with Gasteiger partial charge in [-0.25, -0.2) is 12.4 Å². The van der Waals surface area contributed by atoms with Gasteiger partial charge in [-0.1, -0.05) is 30.9 Å². The second kappa shape index (κ2) is 5.59. The van der Waals surface area contributed by atoms with E-state index in [0.29, 0.717) is 11.3 Å². The zero-order valence-corrected chi connectivity index (χ0v) is 13.8. The maximum atomic E-state index is 13.1. The Labute approximate surface area is 135 Å². The first-order valence-electron chi connectivity index (χ1n) is 7.12. The number of aromatic nitrogens is 1. The number of rotatable bonds is 4. The van der Waals surface area contributed by atoms with Crippen molar-refractivity contribution in [3.8, 4) is 5.75 Å². The first kappa shape index (κ1) is 15.4. The summed E-state index contributed by atoms with van der Waals surface area (Å²) < 4.78 is 32.7. The highest BCUT2D eigenvalue weighted by Crippen LogP contribution is 2.30. The lowest BCUT2D eigenvalue weighted by Gasteiger charge is -2.12. The Morgan fingerprint density at radius 3 is 2.65 bits per heavy atom. The molecule has 3 aromatic rings. The van der Waals surface area contributed by atoms with E-state index in [-0.39, 0.29) is 4.90 Å². The molecule has 0 spiro atoms. The van der Waals surface area contributed by atoms with Gasteiger partial charge in [-0.15, -0.1) is 0 Å². The predicted molar refractivity (Wildman–Crippen MR) is 92.3 cm³/mol. The smallest absolute Gasteiger partial charge is 0.271 e. The third-order valence-corrected chi connectivity index (χ3v) is 5.52. The summed E-state index contributed by atoms with van der Waals surface area (Å²) in [5.41, 5.74) is 2.37. The molecule has 0 bridgehead atoms. The molecule has 2 aromatic carbocycles. The van der Waals surface area contributed by atoms with Gasteiger partial charge in [0.2, 0.25) is 0 Å². The van der Waals surface area contributed by atoms with E-state index in [4.69, 9.17) is 4.74 Å². The Hall–Kier alpha value is -2.53. The Balaban J connectivity index is 2.30. The van der Waals surface area contributed by atoms with Gasteiger partial charge >= 0.3 is 0 Å². The van der Waals surface area contributed by atoms with E-state index >= 15 is 0 Å². The molecule has 3 rings (SSSR count). The van der Waals surface area contributed by atoms with Gasteiger partial charge in [-0.05, 0) is 42.3 Å². The van der Waals surface area contributed by atoms with E-state index in [1.165, 1.54) is 11.1 Å². The van der Waals surface area contributed by atoms with Crippen molar-refractivity contribution in [2.75, 3.05) is 7.11 Å². The standard InChI is InChI=1S/C18H17NO3S/c1-4-14-6-5-7-16-15(14)10-11-19(16)23(20,21)18-12-13(2)8-9-17(18)22-3/h4-12H,1H2,2-3H3. The third-order valence-electron chi connectivity index (χ3n) is 3.81. The molecule has 5 heteroatoms. The van der Waals surface area contributed by atoms with Gasteiger partial charge in [-0.3, -0.25) is 0 Å². The molecule has 4 nitrogen and oxygen atoms in total. The number of fused-ring (bicyclic) bond motifs is 1. The lowest BCUT2D eigenvalue weighted by molar-refractivity contribution is 0.402. The van der Waals surface area contributed by atoms with Crippen LogP contribution in [0.4, 0.5) is 0 Å². The minimum absolute atomic E-state index is 0.154. The number of aryl methyl sites for hydroxylation is 1. The second-order valence-electron chi connectivity index (χ2n) is 5.26. The van der Waals surface area contributed by atoms with Crippen molar-refractivity contribution in [2.45, 2.75) is 11.8 Å². The highest BCUT2D eigenvalue weighted by Gasteiger charge is 2.23. The summed E-state index contributed by atoms with van der Waals surface area (Å²) in [6.45, 7) is 5.62. The van der Waals surface area contributed by atoms with Crippen LogP contribution in [0.25, 0.3) is 17.0 Å². The van der Waals surface area contributed by atoms with Crippen LogP contribution in [0.5, 0.6) is 5.75 Å². The number of hydrogen-bond acceptors (Lipinski definition) is 3. The van der Waals surface area contributed by atoms with Crippen molar-refractivity contribution in [1.29, 1.82) is 0 Å². The van der Waals surface area contributed by atoms with Gasteiger partial charge in [0, 0.05) is 11.6 Å². The van der Waals surface area contributed by atoms with Crippen molar-refractivity contribution in [2.24, 2.45) is 0 Å². The van der Waals surface area contributed by atoms with Crippen molar-refractivity contribution < 1.29 is 13.2 Å². The van der Waals surface area contributed by atoms with Gasteiger partial charge in [0.15, 0.2) is 0 Å². The van der Waals surface area contributed by atoms with Gasteiger partial charge in [0.1, 0.15) is 10.6 Å². The Kier molecular flexibility index (Phi) is 3.74. The summed E-state index contributed by atoms with van der Waals surface area (Å²) in [7, 11) is -2.29. The zero-order valence-electron chi connectivity index (χ0n) is 13.0. The lowest BCUT2D eigenvalue weighted by Crippen LogP contribution is -2.13. The highest BCUT2D eigenvalue weighted by molar-refractivity contribution is 7.90. The third kappa shape index (κ3) is 2.43. The van der Waals surface area contributed by atoms with Crippen LogP contribution >= 0.6 is 0 Å². The molecule has 118 valence electrons. The first-order chi connectivity index (χ1) is 11.0. The molecule has 0 amide bonds. The molecule has 0 fully saturated rings. The van der Waals surface area contributed by atoms with Crippen LogP contribution in [-0.2, 0) is 10.0 Å². The van der Waals surface area contributed by atoms with Crippen molar-refractivity contribution in [3.05, 3.63) is 66.4 Å². The fourth-order valence-electron chi connectivity index (χ4n) is 2.65. The van der Waals surface area contributed by atoms with Crippen LogP contribution in [0.2, 0.25) is 0 Å². The SMILES string of the molecule is C=Cc1cccc2c1ccn2S(=O)(=O)c1cc(C)ccc1OC. The monoisotopic (exact) mass is 327 g/mol. The highest BCUT2D eigenvalue weighted by atomic mass is 32.2. The van der Waals surface area contributed by atoms with Crippen molar-refractivity contribution in [3.63, 3.8) is 0 Å². The van der Waals surface area contributed by atoms with Gasteiger partial charge in [0.05, 0.1) is 12.6 Å². The maximum absolute atomic E-state index is 13.1. The largest absolute Gasteiger partial charge is 0.495 e. The molecule has 0 unspecified atom stereocenters. The summed E-state index contributed by atoms with van der Waals surface area (Å²) >= 11 is 0. The fraction of sp³-hybridized carbons (Fsp3) is 0.111. The van der Waals surface area contributed by atoms with Crippen LogP contribution in [0.15, 0.2) is 60.1 Å². The minimum Gasteiger partial charge on any atom is -0.495 e. The van der Waals surface area contributed by atoms with E-state index in [1.54, 1.807) is 36.5 Å². The van der Waals surface area contributed by atoms with Gasteiger partial charge in [-0.2, -0.15) is 0 Å². The Bertz CT molecular complexity index is 1000. The molecule has 1 aromatic heterocycles. The maximum Gasteiger partial charge on any atom is 0.271 e. The molecule has 1 heterocycles. The summed E-state index contributed by atoms with van der Waals surface area (Å²) in [5, 5.41) is 0.845. The molecule has 0 aliphatic heterocycles. The Morgan fingerprint density at radius 1 is 1.17 bits per heavy atom. The van der Waals surface area contributed by atoms with Gasteiger partial charge < -0.3 is 4.74 Å². The van der Waals surface area contributed by atoms with Crippen LogP contribution in [0.3, 0.4) is 0 Å². The van der Waals surface area contributed by atoms with E-state index in [2.05, 4.69) is 6.58 Å². The van der Waals surface area contributed by atoms with E-state index in [9.17, 15) is 8.42 Å². The van der Waals surface area contributed by atoms with Crippen LogP contribution in [0.1, 0.15) is 11.1 Å². The van der Waals surface area contributed by atoms with Crippen LogP contribution in [-0.4, -0.2) is 19.5 Å². The first-order valence-corrected chi connectivity index (χ1v) is 8.56. The van der Waals surface area contributed by atoms with Crippen molar-refractivity contribution >= 4 is 27.0 Å². The number of benzene rings is 2. The second-order valence-corrected chi connectivity index (χ2v) is 7.04. The van der Waals surface area contributed by atoms with Crippen molar-refractivity contribution in [1.82, 2.24) is 3.97 Å². The molecule has 23 heavy (non-hydrogen) atoms. The molecule has 0 saturated heterocycles. The molecular formula is C18H17NO3S. The molecule has 0 radical (unpaired) electrons. The molecular weight excluding hydrogens is 310 g/mol. The summed E-state index contributed by atoms with van der Waals surface area (Å²) in [6, 6.07) is 12.4. The molecule has 0 saturated carbocycles. The normalized spacial score (nSPS) is 11.6. The number of methoxy groups -OCH3 is 1. The van der Waals surface area contributed by atoms with E-state index in [0.717, 1.165) is 16.5 Å². The van der Waals surface area contributed by atoms with E-state index in [1.807, 2.05) is 25.1 Å². The number of nitrogens with zero attached hydrogens (tertiary/aromatic N) is 1. The summed E-state index contributed by atoms with van der Waals surface area (Å²) in [5.74, 6) is 0.331.